The second kappa shape index (κ2) is 6.57. The van der Waals surface area contributed by atoms with Crippen molar-refractivity contribution >= 4 is 5.91 Å². The van der Waals surface area contributed by atoms with Gasteiger partial charge in [-0.15, -0.1) is 0 Å². The van der Waals surface area contributed by atoms with E-state index in [-0.39, 0.29) is 0 Å². The Morgan fingerprint density at radius 2 is 2.00 bits per heavy atom. The molecule has 0 aliphatic rings. The molecule has 0 heterocycles. The maximum atomic E-state index is 11.1. The summed E-state index contributed by atoms with van der Waals surface area (Å²) in [6, 6.07) is 6.02. The van der Waals surface area contributed by atoms with Crippen LogP contribution in [0.4, 0.5) is 0 Å². The second-order valence-electron chi connectivity index (χ2n) is 5.29. The molecule has 0 bridgehead atoms. The molecule has 0 spiro atoms. The summed E-state index contributed by atoms with van der Waals surface area (Å²) in [7, 11) is 0. The van der Waals surface area contributed by atoms with Crippen LogP contribution in [0.3, 0.4) is 0 Å². The number of carbonyl (C=O) groups is 1. The van der Waals surface area contributed by atoms with Crippen molar-refractivity contribution in [3.05, 3.63) is 29.3 Å². The average molecular weight is 264 g/mol. The molecule has 1 amide bonds. The number of rotatable bonds is 7. The molecule has 0 fully saturated rings. The largest absolute Gasteiger partial charge is 0.493 e. The molecule has 1 rings (SSSR count). The van der Waals surface area contributed by atoms with Gasteiger partial charge in [0.1, 0.15) is 5.75 Å². The first-order valence-electron chi connectivity index (χ1n) is 6.62. The molecule has 0 aliphatic heterocycles. The van der Waals surface area contributed by atoms with Crippen LogP contribution in [0.1, 0.15) is 37.3 Å². The highest BCUT2D eigenvalue weighted by Gasteiger charge is 2.24. The summed E-state index contributed by atoms with van der Waals surface area (Å²) in [6.45, 7) is 6.41. The van der Waals surface area contributed by atoms with E-state index in [0.29, 0.717) is 13.0 Å². The van der Waals surface area contributed by atoms with Crippen LogP contribution in [0.15, 0.2) is 18.2 Å². The molecule has 4 N–H and O–H groups in total. The number of primary amides is 1. The van der Waals surface area contributed by atoms with Crippen molar-refractivity contribution in [2.75, 3.05) is 6.61 Å². The molecule has 4 nitrogen and oxygen atoms in total. The molecule has 106 valence electrons. The van der Waals surface area contributed by atoms with Crippen molar-refractivity contribution in [1.29, 1.82) is 0 Å². The summed E-state index contributed by atoms with van der Waals surface area (Å²) in [5.74, 6) is 0.466. The molecule has 0 aromatic heterocycles. The Labute approximate surface area is 115 Å². The predicted molar refractivity (Wildman–Crippen MR) is 77.0 cm³/mol. The first-order valence-corrected chi connectivity index (χ1v) is 6.62. The van der Waals surface area contributed by atoms with Gasteiger partial charge in [0.05, 0.1) is 12.1 Å². The van der Waals surface area contributed by atoms with E-state index >= 15 is 0 Å². The fourth-order valence-corrected chi connectivity index (χ4v) is 1.78. The molecular formula is C15H24N2O2. The van der Waals surface area contributed by atoms with Crippen LogP contribution in [0.2, 0.25) is 0 Å². The van der Waals surface area contributed by atoms with E-state index < -0.39 is 11.4 Å². The lowest BCUT2D eigenvalue weighted by atomic mass is 9.96. The van der Waals surface area contributed by atoms with E-state index in [0.717, 1.165) is 18.6 Å². The summed E-state index contributed by atoms with van der Waals surface area (Å²) >= 11 is 0. The second-order valence-corrected chi connectivity index (χ2v) is 5.29. The molecule has 1 aromatic carbocycles. The third kappa shape index (κ3) is 4.56. The van der Waals surface area contributed by atoms with Crippen molar-refractivity contribution in [2.45, 2.75) is 45.6 Å². The zero-order valence-electron chi connectivity index (χ0n) is 12.0. The number of nitrogens with two attached hydrogens (primary N) is 2. The Bertz CT molecular complexity index is 442. The Morgan fingerprint density at radius 3 is 2.63 bits per heavy atom. The minimum Gasteiger partial charge on any atom is -0.493 e. The maximum absolute atomic E-state index is 11.1. The molecule has 19 heavy (non-hydrogen) atoms. The summed E-state index contributed by atoms with van der Waals surface area (Å²) in [6.07, 6.45) is 2.26. The molecule has 1 aromatic rings. The first-order chi connectivity index (χ1) is 8.84. The van der Waals surface area contributed by atoms with E-state index in [9.17, 15) is 4.79 Å². The number of benzene rings is 1. The van der Waals surface area contributed by atoms with Crippen molar-refractivity contribution in [2.24, 2.45) is 11.5 Å². The van der Waals surface area contributed by atoms with Gasteiger partial charge in [0.25, 0.3) is 0 Å². The van der Waals surface area contributed by atoms with Gasteiger partial charge in [-0.3, -0.25) is 4.79 Å². The lowest BCUT2D eigenvalue weighted by molar-refractivity contribution is -0.122. The fraction of sp³-hybridized carbons (Fsp3) is 0.533. The van der Waals surface area contributed by atoms with E-state index in [1.165, 1.54) is 11.1 Å². The zero-order valence-corrected chi connectivity index (χ0v) is 12.0. The van der Waals surface area contributed by atoms with Gasteiger partial charge in [0, 0.05) is 0 Å². The first kappa shape index (κ1) is 15.5. The number of unbranched alkanes of at least 4 members (excludes halogenated alkanes) is 1. The van der Waals surface area contributed by atoms with Gasteiger partial charge in [-0.1, -0.05) is 12.1 Å². The molecular weight excluding hydrogens is 240 g/mol. The third-order valence-electron chi connectivity index (χ3n) is 3.47. The monoisotopic (exact) mass is 264 g/mol. The number of aryl methyl sites for hydroxylation is 1. The molecule has 1 unspecified atom stereocenters. The molecule has 1 atom stereocenters. The number of hydrogen-bond donors (Lipinski definition) is 2. The van der Waals surface area contributed by atoms with Gasteiger partial charge in [-0.2, -0.15) is 0 Å². The van der Waals surface area contributed by atoms with E-state index in [2.05, 4.69) is 19.9 Å². The number of ether oxygens (including phenoxy) is 1. The van der Waals surface area contributed by atoms with Gasteiger partial charge < -0.3 is 16.2 Å². The van der Waals surface area contributed by atoms with Gasteiger partial charge in [-0.05, 0) is 57.2 Å². The van der Waals surface area contributed by atoms with Crippen molar-refractivity contribution in [3.8, 4) is 5.75 Å². The molecule has 0 radical (unpaired) electrons. The Balaban J connectivity index is 2.32. The van der Waals surface area contributed by atoms with Crippen LogP contribution in [0.5, 0.6) is 5.75 Å². The normalized spacial score (nSPS) is 13.9. The summed E-state index contributed by atoms with van der Waals surface area (Å²) < 4.78 is 5.74. The Hall–Kier alpha value is -1.55. The van der Waals surface area contributed by atoms with Gasteiger partial charge in [-0.25, -0.2) is 0 Å². The van der Waals surface area contributed by atoms with Crippen LogP contribution in [-0.2, 0) is 4.79 Å². The minimum atomic E-state index is -0.917. The molecule has 0 saturated heterocycles. The highest BCUT2D eigenvalue weighted by atomic mass is 16.5. The van der Waals surface area contributed by atoms with Crippen LogP contribution < -0.4 is 16.2 Å². The molecule has 4 heteroatoms. The maximum Gasteiger partial charge on any atom is 0.237 e. The number of carbonyl (C=O) groups excluding carboxylic acids is 1. The SMILES string of the molecule is Cc1cccc(OCCCCC(C)(N)C(N)=O)c1C. The van der Waals surface area contributed by atoms with E-state index in [1.54, 1.807) is 6.92 Å². The zero-order chi connectivity index (χ0) is 14.5. The van der Waals surface area contributed by atoms with Crippen LogP contribution in [-0.4, -0.2) is 18.1 Å². The quantitative estimate of drug-likeness (QED) is 0.740. The Kier molecular flexibility index (Phi) is 5.36. The third-order valence-corrected chi connectivity index (χ3v) is 3.47. The topological polar surface area (TPSA) is 78.3 Å². The summed E-state index contributed by atoms with van der Waals surface area (Å²) in [5.41, 5.74) is 12.5. The lowest BCUT2D eigenvalue weighted by Crippen LogP contribution is -2.49. The van der Waals surface area contributed by atoms with Crippen LogP contribution in [0, 0.1) is 13.8 Å². The van der Waals surface area contributed by atoms with Crippen LogP contribution >= 0.6 is 0 Å². The van der Waals surface area contributed by atoms with Gasteiger partial charge >= 0.3 is 0 Å². The fourth-order valence-electron chi connectivity index (χ4n) is 1.78. The summed E-state index contributed by atoms with van der Waals surface area (Å²) in [5, 5.41) is 0. The smallest absolute Gasteiger partial charge is 0.237 e. The van der Waals surface area contributed by atoms with Crippen molar-refractivity contribution in [3.63, 3.8) is 0 Å². The van der Waals surface area contributed by atoms with Gasteiger partial charge in [0.2, 0.25) is 5.91 Å². The Morgan fingerprint density at radius 1 is 1.32 bits per heavy atom. The van der Waals surface area contributed by atoms with E-state index in [4.69, 9.17) is 16.2 Å². The highest BCUT2D eigenvalue weighted by Crippen LogP contribution is 2.21. The van der Waals surface area contributed by atoms with Crippen LogP contribution in [0.25, 0.3) is 0 Å². The minimum absolute atomic E-state index is 0.456. The van der Waals surface area contributed by atoms with Crippen molar-refractivity contribution in [1.82, 2.24) is 0 Å². The molecule has 0 aliphatic carbocycles. The number of hydrogen-bond acceptors (Lipinski definition) is 3. The molecule has 0 saturated carbocycles. The summed E-state index contributed by atoms with van der Waals surface area (Å²) in [4.78, 5) is 11.1. The average Bonchev–Trinajstić information content (AvgIpc) is 2.33. The van der Waals surface area contributed by atoms with Crippen molar-refractivity contribution < 1.29 is 9.53 Å². The number of amides is 1. The van der Waals surface area contributed by atoms with Gasteiger partial charge in [0.15, 0.2) is 0 Å². The highest BCUT2D eigenvalue weighted by molar-refractivity contribution is 5.83. The van der Waals surface area contributed by atoms with E-state index in [1.807, 2.05) is 12.1 Å². The lowest BCUT2D eigenvalue weighted by Gasteiger charge is -2.20. The predicted octanol–water partition coefficient (Wildman–Crippen LogP) is 2.06. The standard InChI is InChI=1S/C15H24N2O2/c1-11-7-6-8-13(12(11)2)19-10-5-4-9-15(3,17)14(16)18/h6-8H,4-5,9-10,17H2,1-3H3,(H2,16,18).